The Morgan fingerprint density at radius 2 is 2.10 bits per heavy atom. The number of ether oxygens (including phenoxy) is 1. The van der Waals surface area contributed by atoms with E-state index in [9.17, 15) is 8.42 Å². The van der Waals surface area contributed by atoms with Gasteiger partial charge in [-0.15, -0.1) is 0 Å². The first-order valence-electron chi connectivity index (χ1n) is 6.96. The van der Waals surface area contributed by atoms with Gasteiger partial charge in [0.25, 0.3) is 0 Å². The fourth-order valence-electron chi connectivity index (χ4n) is 2.28. The van der Waals surface area contributed by atoms with Gasteiger partial charge in [0.2, 0.25) is 10.0 Å². The summed E-state index contributed by atoms with van der Waals surface area (Å²) in [7, 11) is -3.22. The van der Waals surface area contributed by atoms with Crippen LogP contribution in [0.25, 0.3) is 0 Å². The van der Waals surface area contributed by atoms with Gasteiger partial charge in [-0.2, -0.15) is 0 Å². The van der Waals surface area contributed by atoms with Crippen molar-refractivity contribution >= 4 is 10.0 Å². The Kier molecular flexibility index (Phi) is 5.39. The van der Waals surface area contributed by atoms with E-state index in [1.54, 1.807) is 0 Å². The highest BCUT2D eigenvalue weighted by Gasteiger charge is 2.26. The van der Waals surface area contributed by atoms with Gasteiger partial charge in [0.1, 0.15) is 12.4 Å². The summed E-state index contributed by atoms with van der Waals surface area (Å²) in [6.07, 6.45) is 1.35. The van der Waals surface area contributed by atoms with Crippen LogP contribution in [0.15, 0.2) is 24.3 Å². The van der Waals surface area contributed by atoms with Crippen molar-refractivity contribution in [3.8, 4) is 5.75 Å². The Hall–Kier alpha value is -1.11. The molecule has 0 spiro atoms. The van der Waals surface area contributed by atoms with E-state index in [1.807, 2.05) is 31.2 Å². The van der Waals surface area contributed by atoms with E-state index in [0.29, 0.717) is 26.0 Å². The van der Waals surface area contributed by atoms with E-state index in [1.165, 1.54) is 0 Å². The highest BCUT2D eigenvalue weighted by molar-refractivity contribution is 7.90. The molecule has 20 heavy (non-hydrogen) atoms. The minimum absolute atomic E-state index is 0.275. The number of sulfonamides is 1. The summed E-state index contributed by atoms with van der Waals surface area (Å²) in [5.74, 6) is 0.770. The third-order valence-corrected chi connectivity index (χ3v) is 5.34. The van der Waals surface area contributed by atoms with Crippen molar-refractivity contribution < 1.29 is 13.2 Å². The number of piperidine rings is 1. The number of rotatable bonds is 6. The topological polar surface area (TPSA) is 67.4 Å². The van der Waals surface area contributed by atoms with E-state index in [4.69, 9.17) is 4.74 Å². The maximum atomic E-state index is 12.1. The van der Waals surface area contributed by atoms with Gasteiger partial charge in [0.15, 0.2) is 0 Å². The van der Waals surface area contributed by atoms with Crippen LogP contribution in [0.1, 0.15) is 18.4 Å². The highest BCUT2D eigenvalue weighted by Crippen LogP contribution is 2.13. The van der Waals surface area contributed by atoms with Gasteiger partial charge < -0.3 is 10.1 Å². The van der Waals surface area contributed by atoms with E-state index in [-0.39, 0.29) is 5.25 Å². The molecular formula is C14H22N2O3S. The molecule has 112 valence electrons. The van der Waals surface area contributed by atoms with E-state index in [0.717, 1.165) is 24.4 Å². The lowest BCUT2D eigenvalue weighted by molar-refractivity contribution is 0.322. The molecule has 1 aliphatic rings. The molecule has 5 nitrogen and oxygen atoms in total. The van der Waals surface area contributed by atoms with Crippen molar-refractivity contribution in [1.29, 1.82) is 0 Å². The fourth-order valence-corrected chi connectivity index (χ4v) is 3.74. The van der Waals surface area contributed by atoms with Crippen LogP contribution in [0.3, 0.4) is 0 Å². The molecule has 0 saturated carbocycles. The second-order valence-corrected chi connectivity index (χ2v) is 7.10. The van der Waals surface area contributed by atoms with Crippen molar-refractivity contribution in [2.24, 2.45) is 0 Å². The largest absolute Gasteiger partial charge is 0.492 e. The fraction of sp³-hybridized carbons (Fsp3) is 0.571. The quantitative estimate of drug-likeness (QED) is 0.770. The summed E-state index contributed by atoms with van der Waals surface area (Å²) in [5, 5.41) is 2.89. The van der Waals surface area contributed by atoms with Gasteiger partial charge in [0, 0.05) is 6.54 Å². The Bertz CT molecular complexity index is 525. The first kappa shape index (κ1) is 15.3. The molecule has 1 heterocycles. The van der Waals surface area contributed by atoms with Crippen molar-refractivity contribution in [1.82, 2.24) is 10.0 Å². The molecule has 1 aromatic rings. The van der Waals surface area contributed by atoms with Crippen LogP contribution in [0.4, 0.5) is 0 Å². The SMILES string of the molecule is Cc1cccc(OCCNS(=O)(=O)C2CCNCC2)c1. The molecule has 0 unspecified atom stereocenters. The third-order valence-electron chi connectivity index (χ3n) is 3.39. The summed E-state index contributed by atoms with van der Waals surface area (Å²) >= 11 is 0. The molecule has 1 fully saturated rings. The smallest absolute Gasteiger partial charge is 0.214 e. The average molecular weight is 298 g/mol. The second-order valence-electron chi connectivity index (χ2n) is 5.05. The summed E-state index contributed by atoms with van der Waals surface area (Å²) in [6, 6.07) is 7.71. The number of benzene rings is 1. The molecule has 6 heteroatoms. The molecule has 2 N–H and O–H groups in total. The maximum absolute atomic E-state index is 12.1. The Morgan fingerprint density at radius 1 is 1.35 bits per heavy atom. The van der Waals surface area contributed by atoms with Crippen LogP contribution < -0.4 is 14.8 Å². The van der Waals surface area contributed by atoms with Crippen molar-refractivity contribution in [3.63, 3.8) is 0 Å². The third kappa shape index (κ3) is 4.47. The molecule has 2 rings (SSSR count). The predicted molar refractivity (Wildman–Crippen MR) is 79.5 cm³/mol. The van der Waals surface area contributed by atoms with Crippen molar-refractivity contribution in [3.05, 3.63) is 29.8 Å². The first-order chi connectivity index (χ1) is 9.58. The average Bonchev–Trinajstić information content (AvgIpc) is 2.45. The van der Waals surface area contributed by atoms with Gasteiger partial charge in [-0.05, 0) is 50.6 Å². The van der Waals surface area contributed by atoms with Crippen molar-refractivity contribution in [2.75, 3.05) is 26.2 Å². The van der Waals surface area contributed by atoms with Gasteiger partial charge in [-0.25, -0.2) is 13.1 Å². The normalized spacial score (nSPS) is 17.1. The first-order valence-corrected chi connectivity index (χ1v) is 8.51. The van der Waals surface area contributed by atoms with E-state index in [2.05, 4.69) is 10.0 Å². The van der Waals surface area contributed by atoms with E-state index >= 15 is 0 Å². The lowest BCUT2D eigenvalue weighted by Gasteiger charge is -2.22. The maximum Gasteiger partial charge on any atom is 0.214 e. The van der Waals surface area contributed by atoms with Gasteiger partial charge in [-0.1, -0.05) is 12.1 Å². The lowest BCUT2D eigenvalue weighted by atomic mass is 10.2. The number of aryl methyl sites for hydroxylation is 1. The summed E-state index contributed by atoms with van der Waals surface area (Å²) in [5.41, 5.74) is 1.12. The Labute approximate surface area is 120 Å². The second kappa shape index (κ2) is 7.06. The van der Waals surface area contributed by atoms with Crippen LogP contribution in [-0.2, 0) is 10.0 Å². The number of hydrogen-bond donors (Lipinski definition) is 2. The zero-order valence-electron chi connectivity index (χ0n) is 11.8. The van der Waals surface area contributed by atoms with Gasteiger partial charge >= 0.3 is 0 Å². The van der Waals surface area contributed by atoms with Crippen molar-refractivity contribution in [2.45, 2.75) is 25.0 Å². The van der Waals surface area contributed by atoms with Crippen LogP contribution in [0.5, 0.6) is 5.75 Å². The van der Waals surface area contributed by atoms with Gasteiger partial charge in [0.05, 0.1) is 5.25 Å². The minimum Gasteiger partial charge on any atom is -0.492 e. The molecule has 1 saturated heterocycles. The molecule has 0 amide bonds. The molecule has 0 radical (unpaired) electrons. The molecule has 0 aliphatic carbocycles. The molecule has 0 aromatic heterocycles. The molecule has 1 aliphatic heterocycles. The van der Waals surface area contributed by atoms with Crippen LogP contribution >= 0.6 is 0 Å². The number of hydrogen-bond acceptors (Lipinski definition) is 4. The monoisotopic (exact) mass is 298 g/mol. The Balaban J connectivity index is 1.75. The summed E-state index contributed by atoms with van der Waals surface area (Å²) in [6.45, 7) is 4.18. The standard InChI is InChI=1S/C14H22N2O3S/c1-12-3-2-4-13(11-12)19-10-9-16-20(17,18)14-5-7-15-8-6-14/h2-4,11,14-16H,5-10H2,1H3. The Morgan fingerprint density at radius 3 is 2.80 bits per heavy atom. The molecule has 0 bridgehead atoms. The van der Waals surface area contributed by atoms with Gasteiger partial charge in [-0.3, -0.25) is 0 Å². The van der Waals surface area contributed by atoms with E-state index < -0.39 is 10.0 Å². The van der Waals surface area contributed by atoms with Crippen LogP contribution in [0.2, 0.25) is 0 Å². The highest BCUT2D eigenvalue weighted by atomic mass is 32.2. The minimum atomic E-state index is -3.22. The summed E-state index contributed by atoms with van der Waals surface area (Å²) in [4.78, 5) is 0. The predicted octanol–water partition coefficient (Wildman–Crippen LogP) is 1.05. The lowest BCUT2D eigenvalue weighted by Crippen LogP contribution is -2.42. The molecule has 1 aromatic carbocycles. The van der Waals surface area contributed by atoms with Crippen LogP contribution in [-0.4, -0.2) is 39.9 Å². The zero-order chi connectivity index (χ0) is 14.4. The molecule has 0 atom stereocenters. The zero-order valence-corrected chi connectivity index (χ0v) is 12.6. The number of nitrogens with one attached hydrogen (secondary N) is 2. The van der Waals surface area contributed by atoms with Crippen LogP contribution in [0, 0.1) is 6.92 Å². The molecular weight excluding hydrogens is 276 g/mol. The summed E-state index contributed by atoms with van der Waals surface area (Å²) < 4.78 is 32.3.